The van der Waals surface area contributed by atoms with E-state index >= 15 is 0 Å². The van der Waals surface area contributed by atoms with E-state index in [9.17, 15) is 4.79 Å². The predicted molar refractivity (Wildman–Crippen MR) is 107 cm³/mol. The van der Waals surface area contributed by atoms with Crippen LogP contribution in [0, 0.1) is 0 Å². The molecule has 1 aromatic heterocycles. The Morgan fingerprint density at radius 3 is 2.04 bits per heavy atom. The van der Waals surface area contributed by atoms with E-state index in [0.717, 1.165) is 5.56 Å². The molecule has 1 atom stereocenters. The Morgan fingerprint density at radius 1 is 0.885 bits per heavy atom. The second-order valence-corrected chi connectivity index (χ2v) is 7.26. The lowest BCUT2D eigenvalue weighted by Gasteiger charge is -2.17. The number of halogens is 4. The van der Waals surface area contributed by atoms with Crippen LogP contribution in [0.1, 0.15) is 17.2 Å². The molecule has 0 bridgehead atoms. The van der Waals surface area contributed by atoms with Crippen LogP contribution in [0.2, 0.25) is 20.1 Å². The molecule has 2 aromatic carbocycles. The molecular weight excluding hydrogens is 414 g/mol. The van der Waals surface area contributed by atoms with Gasteiger partial charge in [0.1, 0.15) is 5.92 Å². The molecule has 0 aliphatic rings. The van der Waals surface area contributed by atoms with E-state index in [1.165, 1.54) is 0 Å². The summed E-state index contributed by atoms with van der Waals surface area (Å²) in [4.78, 5) is 16.8. The lowest BCUT2D eigenvalue weighted by atomic mass is 9.93. The number of hydrogen-bond acceptors (Lipinski definition) is 2. The van der Waals surface area contributed by atoms with Gasteiger partial charge in [0.05, 0.1) is 11.4 Å². The Kier molecular flexibility index (Phi) is 5.73. The van der Waals surface area contributed by atoms with Crippen molar-refractivity contribution in [2.24, 2.45) is 5.73 Å². The molecule has 7 heteroatoms. The molecule has 26 heavy (non-hydrogen) atoms. The quantitative estimate of drug-likeness (QED) is 0.558. The number of carbonyl (C=O) groups is 1. The highest BCUT2D eigenvalue weighted by Crippen LogP contribution is 2.36. The summed E-state index contributed by atoms with van der Waals surface area (Å²) in [5.41, 5.74) is 7.82. The second kappa shape index (κ2) is 7.85. The molecule has 1 unspecified atom stereocenters. The van der Waals surface area contributed by atoms with Crippen LogP contribution < -0.4 is 5.73 Å². The number of benzene rings is 2. The molecular formula is C19H12Cl4N2O. The zero-order valence-corrected chi connectivity index (χ0v) is 16.2. The van der Waals surface area contributed by atoms with Gasteiger partial charge < -0.3 is 5.73 Å². The third kappa shape index (κ3) is 3.97. The van der Waals surface area contributed by atoms with E-state index in [1.54, 1.807) is 54.6 Å². The first-order valence-electron chi connectivity index (χ1n) is 7.53. The van der Waals surface area contributed by atoms with Gasteiger partial charge in [0.15, 0.2) is 0 Å². The number of rotatable bonds is 4. The molecule has 0 aliphatic carbocycles. The van der Waals surface area contributed by atoms with Crippen molar-refractivity contribution in [3.05, 3.63) is 85.9 Å². The van der Waals surface area contributed by atoms with Crippen LogP contribution in [-0.4, -0.2) is 10.9 Å². The van der Waals surface area contributed by atoms with E-state index in [0.29, 0.717) is 37.0 Å². The zero-order chi connectivity index (χ0) is 18.8. The highest BCUT2D eigenvalue weighted by atomic mass is 35.5. The van der Waals surface area contributed by atoms with Crippen LogP contribution in [0.25, 0.3) is 11.3 Å². The molecule has 0 saturated heterocycles. The van der Waals surface area contributed by atoms with Gasteiger partial charge in [-0.15, -0.1) is 0 Å². The molecule has 0 aliphatic heterocycles. The molecule has 0 saturated carbocycles. The first-order chi connectivity index (χ1) is 12.4. The van der Waals surface area contributed by atoms with Crippen LogP contribution in [0.3, 0.4) is 0 Å². The van der Waals surface area contributed by atoms with Crippen LogP contribution in [-0.2, 0) is 4.79 Å². The number of nitrogens with two attached hydrogens (primary N) is 1. The molecule has 0 radical (unpaired) electrons. The van der Waals surface area contributed by atoms with Gasteiger partial charge in [-0.2, -0.15) is 0 Å². The Labute approximate surface area is 170 Å². The number of amides is 1. The number of hydrogen-bond donors (Lipinski definition) is 1. The maximum absolute atomic E-state index is 12.2. The van der Waals surface area contributed by atoms with Gasteiger partial charge in [-0.25, -0.2) is 0 Å². The fourth-order valence-corrected chi connectivity index (χ4v) is 3.84. The van der Waals surface area contributed by atoms with Crippen molar-refractivity contribution < 1.29 is 4.79 Å². The van der Waals surface area contributed by atoms with Gasteiger partial charge in [-0.05, 0) is 42.5 Å². The Bertz CT molecular complexity index is 951. The van der Waals surface area contributed by atoms with Gasteiger partial charge >= 0.3 is 0 Å². The molecule has 0 fully saturated rings. The fourth-order valence-electron chi connectivity index (χ4n) is 2.70. The first-order valence-corrected chi connectivity index (χ1v) is 9.04. The molecule has 132 valence electrons. The average molecular weight is 426 g/mol. The topological polar surface area (TPSA) is 56.0 Å². The maximum atomic E-state index is 12.2. The van der Waals surface area contributed by atoms with E-state index < -0.39 is 11.8 Å². The maximum Gasteiger partial charge on any atom is 0.231 e. The minimum absolute atomic E-state index is 0.347. The monoisotopic (exact) mass is 424 g/mol. The molecule has 3 nitrogen and oxygen atoms in total. The van der Waals surface area contributed by atoms with E-state index in [4.69, 9.17) is 52.1 Å². The predicted octanol–water partition coefficient (Wildman–Crippen LogP) is 5.98. The minimum atomic E-state index is -0.884. The highest BCUT2D eigenvalue weighted by Gasteiger charge is 2.26. The van der Waals surface area contributed by atoms with Crippen molar-refractivity contribution in [3.8, 4) is 11.3 Å². The standard InChI is InChI=1S/C19H12Cl4N2O/c20-11-7-10(8-12(21)9-11)15-5-2-6-16(25-15)18(19(24)26)17-13(22)3-1-4-14(17)23/h1-9,18H,(H2,24,26). The molecule has 0 spiro atoms. The molecule has 3 aromatic rings. The van der Waals surface area contributed by atoms with Crippen molar-refractivity contribution in [2.45, 2.75) is 5.92 Å². The number of carbonyl (C=O) groups excluding carboxylic acids is 1. The van der Waals surface area contributed by atoms with E-state index in [-0.39, 0.29) is 0 Å². The number of primary amides is 1. The number of pyridine rings is 1. The van der Waals surface area contributed by atoms with Gasteiger partial charge in [-0.1, -0.05) is 58.5 Å². The summed E-state index contributed by atoms with van der Waals surface area (Å²) in [6.07, 6.45) is 0. The Balaban J connectivity index is 2.14. The van der Waals surface area contributed by atoms with Crippen molar-refractivity contribution >= 4 is 52.3 Å². The lowest BCUT2D eigenvalue weighted by Crippen LogP contribution is -2.24. The minimum Gasteiger partial charge on any atom is -0.369 e. The summed E-state index contributed by atoms with van der Waals surface area (Å²) in [6.45, 7) is 0. The Hall–Kier alpha value is -1.78. The number of nitrogens with zero attached hydrogens (tertiary/aromatic N) is 1. The largest absolute Gasteiger partial charge is 0.369 e. The SMILES string of the molecule is NC(=O)C(c1cccc(-c2cc(Cl)cc(Cl)c2)n1)c1c(Cl)cccc1Cl. The van der Waals surface area contributed by atoms with Gasteiger partial charge in [-0.3, -0.25) is 9.78 Å². The fraction of sp³-hybridized carbons (Fsp3) is 0.0526. The normalized spacial score (nSPS) is 12.0. The van der Waals surface area contributed by atoms with Gasteiger partial charge in [0.25, 0.3) is 0 Å². The zero-order valence-electron chi connectivity index (χ0n) is 13.2. The van der Waals surface area contributed by atoms with Crippen molar-refractivity contribution in [2.75, 3.05) is 0 Å². The smallest absolute Gasteiger partial charge is 0.231 e. The van der Waals surface area contributed by atoms with Gasteiger partial charge in [0.2, 0.25) is 5.91 Å². The summed E-state index contributed by atoms with van der Waals surface area (Å²) in [5, 5.41) is 1.67. The summed E-state index contributed by atoms with van der Waals surface area (Å²) in [5.74, 6) is -1.49. The summed E-state index contributed by atoms with van der Waals surface area (Å²) in [7, 11) is 0. The van der Waals surface area contributed by atoms with Crippen molar-refractivity contribution in [1.29, 1.82) is 0 Å². The second-order valence-electron chi connectivity index (χ2n) is 5.58. The number of aromatic nitrogens is 1. The lowest BCUT2D eigenvalue weighted by molar-refractivity contribution is -0.118. The molecule has 1 amide bonds. The van der Waals surface area contributed by atoms with Crippen molar-refractivity contribution in [1.82, 2.24) is 4.98 Å². The van der Waals surface area contributed by atoms with Crippen LogP contribution in [0.5, 0.6) is 0 Å². The third-order valence-electron chi connectivity index (χ3n) is 3.80. The van der Waals surface area contributed by atoms with E-state index in [1.807, 2.05) is 0 Å². The first kappa shape index (κ1) is 19.0. The van der Waals surface area contributed by atoms with Gasteiger partial charge in [0, 0.05) is 31.2 Å². The highest BCUT2D eigenvalue weighted by molar-refractivity contribution is 6.36. The average Bonchev–Trinajstić information content (AvgIpc) is 2.57. The summed E-state index contributed by atoms with van der Waals surface area (Å²) in [6, 6.07) is 15.4. The molecule has 1 heterocycles. The van der Waals surface area contributed by atoms with Crippen LogP contribution in [0.4, 0.5) is 0 Å². The van der Waals surface area contributed by atoms with E-state index in [2.05, 4.69) is 4.98 Å². The molecule has 3 rings (SSSR count). The third-order valence-corrected chi connectivity index (χ3v) is 4.89. The molecule has 2 N–H and O–H groups in total. The van der Waals surface area contributed by atoms with Crippen LogP contribution in [0.15, 0.2) is 54.6 Å². The summed E-state index contributed by atoms with van der Waals surface area (Å²) < 4.78 is 0. The van der Waals surface area contributed by atoms with Crippen LogP contribution >= 0.6 is 46.4 Å². The summed E-state index contributed by atoms with van der Waals surface area (Å²) >= 11 is 24.7. The Morgan fingerprint density at radius 2 is 1.46 bits per heavy atom. The van der Waals surface area contributed by atoms with Crippen molar-refractivity contribution in [3.63, 3.8) is 0 Å².